The van der Waals surface area contributed by atoms with Crippen LogP contribution in [0.3, 0.4) is 0 Å². The summed E-state index contributed by atoms with van der Waals surface area (Å²) in [7, 11) is -3.49. The van der Waals surface area contributed by atoms with Crippen LogP contribution in [-0.2, 0) is 10.0 Å². The molecule has 4 rings (SSSR count). The predicted octanol–water partition coefficient (Wildman–Crippen LogP) is 2.86. The average Bonchev–Trinajstić information content (AvgIpc) is 3.06. The minimum absolute atomic E-state index is 0.273. The number of thiazole rings is 1. The number of sulfonamides is 1. The number of nitrogens with zero attached hydrogens (tertiary/aromatic N) is 4. The highest BCUT2D eigenvalue weighted by Crippen LogP contribution is 2.28. The van der Waals surface area contributed by atoms with Gasteiger partial charge in [-0.15, -0.1) is 0 Å². The van der Waals surface area contributed by atoms with Crippen LogP contribution in [0.2, 0.25) is 5.02 Å². The highest BCUT2D eigenvalue weighted by atomic mass is 35.5. The van der Waals surface area contributed by atoms with Gasteiger partial charge in [0.1, 0.15) is 10.3 Å². The molecule has 3 aromatic rings. The van der Waals surface area contributed by atoms with Crippen molar-refractivity contribution in [3.05, 3.63) is 47.6 Å². The number of anilines is 1. The van der Waals surface area contributed by atoms with E-state index in [-0.39, 0.29) is 4.90 Å². The zero-order chi connectivity index (χ0) is 17.4. The molecule has 9 heteroatoms. The van der Waals surface area contributed by atoms with Crippen LogP contribution in [0.1, 0.15) is 0 Å². The Labute approximate surface area is 154 Å². The summed E-state index contributed by atoms with van der Waals surface area (Å²) in [5, 5.41) is 1.41. The molecule has 0 aliphatic carbocycles. The third-order valence-corrected chi connectivity index (χ3v) is 7.32. The minimum atomic E-state index is -3.49. The van der Waals surface area contributed by atoms with Crippen molar-refractivity contribution in [1.29, 1.82) is 0 Å². The van der Waals surface area contributed by atoms with Crippen molar-refractivity contribution in [3.8, 4) is 0 Å². The van der Waals surface area contributed by atoms with Crippen LogP contribution in [0.4, 0.5) is 5.13 Å². The Morgan fingerprint density at radius 2 is 1.76 bits per heavy atom. The maximum atomic E-state index is 12.7. The molecule has 2 aromatic heterocycles. The number of benzene rings is 1. The average molecular weight is 395 g/mol. The lowest BCUT2D eigenvalue weighted by atomic mass is 10.4. The first-order chi connectivity index (χ1) is 12.0. The normalized spacial score (nSPS) is 16.4. The summed E-state index contributed by atoms with van der Waals surface area (Å²) in [6, 6.07) is 10.1. The Kier molecular flexibility index (Phi) is 4.36. The molecule has 1 aliphatic heterocycles. The summed E-state index contributed by atoms with van der Waals surface area (Å²) in [5.74, 6) is 0. The SMILES string of the molecule is O=S(=O)(c1ccc(Cl)cc1)N1CCN(c2nc3cccnc3s2)CC1. The van der Waals surface area contributed by atoms with Gasteiger partial charge in [-0.2, -0.15) is 4.31 Å². The third kappa shape index (κ3) is 3.22. The van der Waals surface area contributed by atoms with Crippen molar-refractivity contribution in [2.75, 3.05) is 31.1 Å². The van der Waals surface area contributed by atoms with Crippen LogP contribution < -0.4 is 4.90 Å². The topological polar surface area (TPSA) is 66.4 Å². The number of pyridine rings is 1. The second-order valence-corrected chi connectivity index (χ2v) is 9.00. The van der Waals surface area contributed by atoms with E-state index in [1.807, 2.05) is 12.1 Å². The van der Waals surface area contributed by atoms with Crippen LogP contribution in [0.15, 0.2) is 47.5 Å². The summed E-state index contributed by atoms with van der Waals surface area (Å²) in [5.41, 5.74) is 0.874. The van der Waals surface area contributed by atoms with E-state index in [9.17, 15) is 8.42 Å². The van der Waals surface area contributed by atoms with Gasteiger partial charge in [0.25, 0.3) is 0 Å². The Bertz CT molecular complexity index is 963. The lowest BCUT2D eigenvalue weighted by Gasteiger charge is -2.33. The van der Waals surface area contributed by atoms with Crippen LogP contribution in [-0.4, -0.2) is 48.9 Å². The predicted molar refractivity (Wildman–Crippen MR) is 99.8 cm³/mol. The fourth-order valence-corrected chi connectivity index (χ4v) is 5.28. The van der Waals surface area contributed by atoms with Gasteiger partial charge < -0.3 is 4.90 Å². The zero-order valence-corrected chi connectivity index (χ0v) is 15.6. The van der Waals surface area contributed by atoms with Crippen LogP contribution in [0.5, 0.6) is 0 Å². The molecule has 0 unspecified atom stereocenters. The van der Waals surface area contributed by atoms with E-state index in [0.29, 0.717) is 31.2 Å². The number of fused-ring (bicyclic) bond motifs is 1. The van der Waals surface area contributed by atoms with Gasteiger partial charge >= 0.3 is 0 Å². The molecule has 0 saturated carbocycles. The summed E-state index contributed by atoms with van der Waals surface area (Å²) < 4.78 is 27.0. The molecule has 0 spiro atoms. The number of halogens is 1. The molecule has 6 nitrogen and oxygen atoms in total. The van der Waals surface area contributed by atoms with Crippen molar-refractivity contribution < 1.29 is 8.42 Å². The van der Waals surface area contributed by atoms with Crippen LogP contribution in [0, 0.1) is 0 Å². The van der Waals surface area contributed by atoms with Crippen LogP contribution in [0.25, 0.3) is 10.3 Å². The van der Waals surface area contributed by atoms with E-state index in [4.69, 9.17) is 11.6 Å². The number of hydrogen-bond donors (Lipinski definition) is 0. The first-order valence-electron chi connectivity index (χ1n) is 7.76. The van der Waals surface area contributed by atoms with Gasteiger partial charge in [0.2, 0.25) is 10.0 Å². The lowest BCUT2D eigenvalue weighted by Crippen LogP contribution is -2.48. The van der Waals surface area contributed by atoms with E-state index < -0.39 is 10.0 Å². The van der Waals surface area contributed by atoms with Crippen LogP contribution >= 0.6 is 22.9 Å². The summed E-state index contributed by atoms with van der Waals surface area (Å²) in [4.78, 5) is 12.2. The molecule has 0 amide bonds. The molecule has 1 aromatic carbocycles. The number of piperazine rings is 1. The van der Waals surface area contributed by atoms with Gasteiger partial charge in [-0.05, 0) is 36.4 Å². The Morgan fingerprint density at radius 1 is 1.04 bits per heavy atom. The zero-order valence-electron chi connectivity index (χ0n) is 13.2. The van der Waals surface area contributed by atoms with Crippen molar-refractivity contribution in [1.82, 2.24) is 14.3 Å². The van der Waals surface area contributed by atoms with Gasteiger partial charge in [0, 0.05) is 37.4 Å². The van der Waals surface area contributed by atoms with Crippen molar-refractivity contribution >= 4 is 48.4 Å². The van der Waals surface area contributed by atoms with Crippen molar-refractivity contribution in [3.63, 3.8) is 0 Å². The monoisotopic (exact) mass is 394 g/mol. The van der Waals surface area contributed by atoms with E-state index in [1.165, 1.54) is 15.6 Å². The van der Waals surface area contributed by atoms with Gasteiger partial charge in [-0.25, -0.2) is 18.4 Å². The lowest BCUT2D eigenvalue weighted by molar-refractivity contribution is 0.385. The molecule has 25 heavy (non-hydrogen) atoms. The summed E-state index contributed by atoms with van der Waals surface area (Å²) in [6.07, 6.45) is 1.75. The van der Waals surface area contributed by atoms with Gasteiger partial charge in [-0.3, -0.25) is 0 Å². The maximum absolute atomic E-state index is 12.7. The molecule has 1 aliphatic rings. The number of rotatable bonds is 3. The molecule has 1 saturated heterocycles. The molecule has 0 atom stereocenters. The fourth-order valence-electron chi connectivity index (χ4n) is 2.77. The molecular formula is C16H15ClN4O2S2. The first-order valence-corrected chi connectivity index (χ1v) is 10.4. The van der Waals surface area contributed by atoms with E-state index in [1.54, 1.807) is 30.5 Å². The van der Waals surface area contributed by atoms with Crippen molar-refractivity contribution in [2.24, 2.45) is 0 Å². The fraction of sp³-hybridized carbons (Fsp3) is 0.250. The molecule has 1 fully saturated rings. The quantitative estimate of drug-likeness (QED) is 0.683. The summed E-state index contributed by atoms with van der Waals surface area (Å²) >= 11 is 7.37. The minimum Gasteiger partial charge on any atom is -0.345 e. The number of hydrogen-bond acceptors (Lipinski definition) is 6. The van der Waals surface area contributed by atoms with Gasteiger partial charge in [0.15, 0.2) is 5.13 Å². The number of aromatic nitrogens is 2. The molecule has 0 bridgehead atoms. The Morgan fingerprint density at radius 3 is 2.44 bits per heavy atom. The van der Waals surface area contributed by atoms with Gasteiger partial charge in [-0.1, -0.05) is 22.9 Å². The molecule has 130 valence electrons. The van der Waals surface area contributed by atoms with Crippen molar-refractivity contribution in [2.45, 2.75) is 4.90 Å². The molecular weight excluding hydrogens is 380 g/mol. The largest absolute Gasteiger partial charge is 0.345 e. The molecule has 0 radical (unpaired) electrons. The van der Waals surface area contributed by atoms with E-state index in [2.05, 4.69) is 14.9 Å². The first kappa shape index (κ1) is 16.7. The highest BCUT2D eigenvalue weighted by molar-refractivity contribution is 7.89. The van der Waals surface area contributed by atoms with E-state index in [0.717, 1.165) is 15.5 Å². The molecule has 3 heterocycles. The maximum Gasteiger partial charge on any atom is 0.243 e. The standard InChI is InChI=1S/C16H15ClN4O2S2/c17-12-3-5-13(6-4-12)25(22,23)21-10-8-20(9-11-21)16-19-14-2-1-7-18-15(14)24-16/h1-7H,8-11H2. The van der Waals surface area contributed by atoms with E-state index >= 15 is 0 Å². The third-order valence-electron chi connectivity index (χ3n) is 4.12. The Balaban J connectivity index is 1.50. The second-order valence-electron chi connectivity index (χ2n) is 5.67. The highest BCUT2D eigenvalue weighted by Gasteiger charge is 2.29. The Hall–Kier alpha value is -1.74. The molecule has 0 N–H and O–H groups in total. The smallest absolute Gasteiger partial charge is 0.243 e. The van der Waals surface area contributed by atoms with Gasteiger partial charge in [0.05, 0.1) is 4.90 Å². The summed E-state index contributed by atoms with van der Waals surface area (Å²) in [6.45, 7) is 2.06. The second kappa shape index (κ2) is 6.53.